The van der Waals surface area contributed by atoms with Crippen molar-refractivity contribution >= 4 is 5.69 Å². The maximum absolute atomic E-state index is 8.81. The molecule has 0 aliphatic rings. The Kier molecular flexibility index (Phi) is 3.72. The van der Waals surface area contributed by atoms with Crippen LogP contribution < -0.4 is 10.1 Å². The molecular weight excluding hydrogens is 228 g/mol. The number of aromatic nitrogens is 2. The fourth-order valence-electron chi connectivity index (χ4n) is 1.53. The molecule has 0 amide bonds. The minimum Gasteiger partial charge on any atom is -0.495 e. The van der Waals surface area contributed by atoms with Gasteiger partial charge in [-0.3, -0.25) is 0 Å². The first kappa shape index (κ1) is 11.9. The van der Waals surface area contributed by atoms with Crippen LogP contribution >= 0.6 is 0 Å². The number of anilines is 1. The summed E-state index contributed by atoms with van der Waals surface area (Å²) in [5, 5.41) is 12.0. The van der Waals surface area contributed by atoms with Crippen LogP contribution in [0.15, 0.2) is 36.9 Å². The van der Waals surface area contributed by atoms with Gasteiger partial charge in [0.2, 0.25) is 0 Å². The average Bonchev–Trinajstić information content (AvgIpc) is 2.46. The molecule has 0 aliphatic carbocycles. The van der Waals surface area contributed by atoms with Gasteiger partial charge in [0.25, 0.3) is 0 Å². The molecule has 0 unspecified atom stereocenters. The minimum absolute atomic E-state index is 0.570. The summed E-state index contributed by atoms with van der Waals surface area (Å²) < 4.78 is 5.23. The van der Waals surface area contributed by atoms with Crippen molar-refractivity contribution in [2.75, 3.05) is 12.4 Å². The van der Waals surface area contributed by atoms with Gasteiger partial charge in [0.05, 0.1) is 24.4 Å². The summed E-state index contributed by atoms with van der Waals surface area (Å²) in [4.78, 5) is 7.88. The molecular formula is C13H12N4O. The second-order valence-corrected chi connectivity index (χ2v) is 3.63. The number of rotatable bonds is 4. The van der Waals surface area contributed by atoms with Crippen molar-refractivity contribution in [1.29, 1.82) is 5.26 Å². The van der Waals surface area contributed by atoms with Crippen LogP contribution in [0.2, 0.25) is 0 Å². The van der Waals surface area contributed by atoms with Gasteiger partial charge in [-0.05, 0) is 12.1 Å². The summed E-state index contributed by atoms with van der Waals surface area (Å²) in [6.45, 7) is 0.600. The topological polar surface area (TPSA) is 70.8 Å². The van der Waals surface area contributed by atoms with E-state index >= 15 is 0 Å². The fourth-order valence-corrected chi connectivity index (χ4v) is 1.53. The molecule has 1 N–H and O–H groups in total. The van der Waals surface area contributed by atoms with Gasteiger partial charge < -0.3 is 10.1 Å². The number of methoxy groups -OCH3 is 1. The van der Waals surface area contributed by atoms with E-state index in [1.165, 1.54) is 6.33 Å². The molecule has 0 saturated heterocycles. The van der Waals surface area contributed by atoms with Crippen LogP contribution in [0.4, 0.5) is 5.69 Å². The monoisotopic (exact) mass is 240 g/mol. The van der Waals surface area contributed by atoms with Crippen molar-refractivity contribution in [2.24, 2.45) is 0 Å². The predicted molar refractivity (Wildman–Crippen MR) is 67.1 cm³/mol. The number of nitrogens with zero attached hydrogens (tertiary/aromatic N) is 3. The van der Waals surface area contributed by atoms with Gasteiger partial charge in [-0.1, -0.05) is 0 Å². The Morgan fingerprint density at radius 1 is 1.33 bits per heavy atom. The molecule has 1 heterocycles. The van der Waals surface area contributed by atoms with Gasteiger partial charge >= 0.3 is 0 Å². The van der Waals surface area contributed by atoms with Crippen molar-refractivity contribution in [2.45, 2.75) is 6.54 Å². The number of nitriles is 1. The zero-order chi connectivity index (χ0) is 12.8. The van der Waals surface area contributed by atoms with E-state index in [0.29, 0.717) is 17.9 Å². The van der Waals surface area contributed by atoms with Gasteiger partial charge in [-0.25, -0.2) is 9.97 Å². The normalized spacial score (nSPS) is 9.56. The van der Waals surface area contributed by atoms with Gasteiger partial charge in [-0.2, -0.15) is 5.26 Å². The molecule has 0 saturated carbocycles. The van der Waals surface area contributed by atoms with Crippen LogP contribution in [0.3, 0.4) is 0 Å². The molecule has 5 heteroatoms. The first-order valence-corrected chi connectivity index (χ1v) is 5.39. The van der Waals surface area contributed by atoms with Crippen molar-refractivity contribution in [3.05, 3.63) is 48.0 Å². The molecule has 0 bridgehead atoms. The Morgan fingerprint density at radius 2 is 2.11 bits per heavy atom. The van der Waals surface area contributed by atoms with Gasteiger partial charge in [0, 0.05) is 30.6 Å². The Balaban J connectivity index is 2.12. The third-order valence-electron chi connectivity index (χ3n) is 2.43. The van der Waals surface area contributed by atoms with E-state index in [4.69, 9.17) is 10.00 Å². The van der Waals surface area contributed by atoms with Gasteiger partial charge in [-0.15, -0.1) is 0 Å². The van der Waals surface area contributed by atoms with Crippen LogP contribution in [0.1, 0.15) is 11.1 Å². The van der Waals surface area contributed by atoms with E-state index in [1.807, 2.05) is 6.07 Å². The molecule has 1 aromatic heterocycles. The SMILES string of the molecule is COc1cc(C#N)ccc1NCc1cncnc1. The summed E-state index contributed by atoms with van der Waals surface area (Å²) in [6, 6.07) is 7.34. The Hall–Kier alpha value is -2.61. The Bertz CT molecular complexity index is 563. The van der Waals surface area contributed by atoms with Crippen LogP contribution in [0.25, 0.3) is 0 Å². The van der Waals surface area contributed by atoms with Crippen LogP contribution in [-0.2, 0) is 6.54 Å². The Morgan fingerprint density at radius 3 is 2.78 bits per heavy atom. The number of ether oxygens (including phenoxy) is 1. The summed E-state index contributed by atoms with van der Waals surface area (Å²) in [7, 11) is 1.58. The number of nitrogens with one attached hydrogen (secondary N) is 1. The molecule has 5 nitrogen and oxygen atoms in total. The van der Waals surface area contributed by atoms with Crippen molar-refractivity contribution in [3.63, 3.8) is 0 Å². The van der Waals surface area contributed by atoms with Crippen molar-refractivity contribution in [1.82, 2.24) is 9.97 Å². The lowest BCUT2D eigenvalue weighted by Crippen LogP contribution is -2.02. The summed E-state index contributed by atoms with van der Waals surface area (Å²) in [6.07, 6.45) is 4.98. The van der Waals surface area contributed by atoms with Crippen LogP contribution in [-0.4, -0.2) is 17.1 Å². The second kappa shape index (κ2) is 5.64. The van der Waals surface area contributed by atoms with Crippen LogP contribution in [0.5, 0.6) is 5.75 Å². The van der Waals surface area contributed by atoms with Crippen molar-refractivity contribution in [3.8, 4) is 11.8 Å². The highest BCUT2D eigenvalue weighted by Gasteiger charge is 2.04. The lowest BCUT2D eigenvalue weighted by Gasteiger charge is -2.10. The highest BCUT2D eigenvalue weighted by Crippen LogP contribution is 2.25. The highest BCUT2D eigenvalue weighted by molar-refractivity contribution is 5.59. The minimum atomic E-state index is 0.570. The lowest BCUT2D eigenvalue weighted by atomic mass is 10.2. The van der Waals surface area contributed by atoms with E-state index in [0.717, 1.165) is 11.3 Å². The molecule has 1 aromatic carbocycles. The third-order valence-corrected chi connectivity index (χ3v) is 2.43. The molecule has 0 aliphatic heterocycles. The molecule has 90 valence electrons. The second-order valence-electron chi connectivity index (χ2n) is 3.63. The molecule has 2 rings (SSSR count). The average molecular weight is 240 g/mol. The standard InChI is InChI=1S/C13H12N4O/c1-18-13-4-10(5-14)2-3-12(13)17-8-11-6-15-9-16-7-11/h2-4,6-7,9,17H,8H2,1H3. The summed E-state index contributed by atoms with van der Waals surface area (Å²) >= 11 is 0. The smallest absolute Gasteiger partial charge is 0.143 e. The molecule has 0 radical (unpaired) electrons. The maximum atomic E-state index is 8.81. The highest BCUT2D eigenvalue weighted by atomic mass is 16.5. The zero-order valence-corrected chi connectivity index (χ0v) is 9.92. The first-order chi connectivity index (χ1) is 8.83. The van der Waals surface area contributed by atoms with Gasteiger partial charge in [0.1, 0.15) is 12.1 Å². The maximum Gasteiger partial charge on any atom is 0.143 e. The van der Waals surface area contributed by atoms with E-state index in [9.17, 15) is 0 Å². The predicted octanol–water partition coefficient (Wildman–Crippen LogP) is 1.97. The molecule has 0 fully saturated rings. The lowest BCUT2D eigenvalue weighted by molar-refractivity contribution is 0.416. The molecule has 2 aromatic rings. The van der Waals surface area contributed by atoms with Crippen LogP contribution in [0, 0.1) is 11.3 Å². The quantitative estimate of drug-likeness (QED) is 0.884. The zero-order valence-electron chi connectivity index (χ0n) is 9.92. The molecule has 0 atom stereocenters. The van der Waals surface area contributed by atoms with E-state index in [2.05, 4.69) is 21.4 Å². The summed E-state index contributed by atoms with van der Waals surface area (Å²) in [5.74, 6) is 0.644. The number of benzene rings is 1. The largest absolute Gasteiger partial charge is 0.495 e. The van der Waals surface area contributed by atoms with Crippen molar-refractivity contribution < 1.29 is 4.74 Å². The molecule has 18 heavy (non-hydrogen) atoms. The van der Waals surface area contributed by atoms with E-state index in [-0.39, 0.29) is 0 Å². The summed E-state index contributed by atoms with van der Waals surface area (Å²) in [5.41, 5.74) is 2.38. The third kappa shape index (κ3) is 2.74. The molecule has 0 spiro atoms. The fraction of sp³-hybridized carbons (Fsp3) is 0.154. The first-order valence-electron chi connectivity index (χ1n) is 5.39. The number of hydrogen-bond acceptors (Lipinski definition) is 5. The van der Waals surface area contributed by atoms with E-state index in [1.54, 1.807) is 31.6 Å². The number of hydrogen-bond donors (Lipinski definition) is 1. The van der Waals surface area contributed by atoms with Gasteiger partial charge in [0.15, 0.2) is 0 Å². The van der Waals surface area contributed by atoms with E-state index < -0.39 is 0 Å². The Labute approximate surface area is 105 Å².